The molecule has 5 heteroatoms. The Morgan fingerprint density at radius 1 is 1.64 bits per heavy atom. The SMILES string of the molecule is CC(=O)OC1C[C@@H]2O[C@H]1[C@@H]1[C@H]2N1C#N. The van der Waals surface area contributed by atoms with Gasteiger partial charge in [0.25, 0.3) is 0 Å². The minimum Gasteiger partial charge on any atom is -0.460 e. The second-order valence-electron chi connectivity index (χ2n) is 4.01. The molecule has 74 valence electrons. The monoisotopic (exact) mass is 194 g/mol. The van der Waals surface area contributed by atoms with Gasteiger partial charge in [-0.05, 0) is 0 Å². The molecule has 0 radical (unpaired) electrons. The Kier molecular flexibility index (Phi) is 1.38. The summed E-state index contributed by atoms with van der Waals surface area (Å²) >= 11 is 0. The molecule has 1 unspecified atom stereocenters. The fourth-order valence-corrected chi connectivity index (χ4v) is 2.71. The van der Waals surface area contributed by atoms with Gasteiger partial charge in [-0.1, -0.05) is 0 Å². The number of carbonyl (C=O) groups is 1. The third-order valence-electron chi connectivity index (χ3n) is 3.22. The lowest BCUT2D eigenvalue weighted by molar-refractivity contribution is -0.148. The summed E-state index contributed by atoms with van der Waals surface area (Å²) < 4.78 is 10.7. The summed E-state index contributed by atoms with van der Waals surface area (Å²) in [4.78, 5) is 12.5. The van der Waals surface area contributed by atoms with E-state index in [0.29, 0.717) is 0 Å². The largest absolute Gasteiger partial charge is 0.460 e. The highest BCUT2D eigenvalue weighted by atomic mass is 16.6. The van der Waals surface area contributed by atoms with Crippen LogP contribution < -0.4 is 0 Å². The first-order valence-electron chi connectivity index (χ1n) is 4.73. The second-order valence-corrected chi connectivity index (χ2v) is 4.01. The molecule has 0 aromatic carbocycles. The Bertz CT molecular complexity index is 337. The lowest BCUT2D eigenvalue weighted by Gasteiger charge is -2.16. The number of likely N-dealkylation sites (tertiary alicyclic amines) is 1. The molecule has 0 aromatic rings. The van der Waals surface area contributed by atoms with Gasteiger partial charge in [0.15, 0.2) is 6.19 Å². The van der Waals surface area contributed by atoms with Gasteiger partial charge in [0, 0.05) is 13.3 Å². The molecular weight excluding hydrogens is 184 g/mol. The normalized spacial score (nSPS) is 47.1. The first-order valence-corrected chi connectivity index (χ1v) is 4.73. The van der Waals surface area contributed by atoms with E-state index < -0.39 is 0 Å². The summed E-state index contributed by atoms with van der Waals surface area (Å²) in [6.45, 7) is 1.40. The predicted molar refractivity (Wildman–Crippen MR) is 43.9 cm³/mol. The van der Waals surface area contributed by atoms with Crippen LogP contribution in [0.25, 0.3) is 0 Å². The molecule has 5 atom stereocenters. The van der Waals surface area contributed by atoms with Gasteiger partial charge in [-0.3, -0.25) is 9.69 Å². The second kappa shape index (κ2) is 2.39. The summed E-state index contributed by atoms with van der Waals surface area (Å²) in [6, 6.07) is 0.430. The van der Waals surface area contributed by atoms with Gasteiger partial charge in [-0.2, -0.15) is 5.26 Å². The van der Waals surface area contributed by atoms with Crippen LogP contribution in [0, 0.1) is 11.5 Å². The Morgan fingerprint density at radius 3 is 3.07 bits per heavy atom. The highest BCUT2D eigenvalue weighted by Crippen LogP contribution is 2.51. The molecule has 0 spiro atoms. The maximum Gasteiger partial charge on any atom is 0.302 e. The predicted octanol–water partition coefficient (Wildman–Crippen LogP) is -0.377. The molecule has 0 aliphatic carbocycles. The molecule has 0 aromatic heterocycles. The Morgan fingerprint density at radius 2 is 2.43 bits per heavy atom. The number of nitriles is 1. The van der Waals surface area contributed by atoms with Crippen LogP contribution >= 0.6 is 0 Å². The average molecular weight is 194 g/mol. The molecule has 0 saturated carbocycles. The first kappa shape index (κ1) is 8.06. The van der Waals surface area contributed by atoms with Crippen LogP contribution in [0.1, 0.15) is 13.3 Å². The summed E-state index contributed by atoms with van der Waals surface area (Å²) in [7, 11) is 0. The molecule has 3 rings (SSSR count). The number of ether oxygens (including phenoxy) is 2. The van der Waals surface area contributed by atoms with Crippen LogP contribution in [0.3, 0.4) is 0 Å². The van der Waals surface area contributed by atoms with E-state index in [0.717, 1.165) is 6.42 Å². The zero-order chi connectivity index (χ0) is 9.87. The summed E-state index contributed by atoms with van der Waals surface area (Å²) in [5.74, 6) is -0.271. The zero-order valence-corrected chi connectivity index (χ0v) is 7.71. The van der Waals surface area contributed by atoms with Crippen LogP contribution in [-0.4, -0.2) is 41.3 Å². The minimum atomic E-state index is -0.271. The zero-order valence-electron chi connectivity index (χ0n) is 7.71. The molecule has 2 bridgehead atoms. The van der Waals surface area contributed by atoms with Crippen molar-refractivity contribution in [3.05, 3.63) is 0 Å². The first-order chi connectivity index (χ1) is 6.72. The lowest BCUT2D eigenvalue weighted by atomic mass is 9.98. The number of fused-ring (bicyclic) bond motifs is 5. The van der Waals surface area contributed by atoms with Gasteiger partial charge in [0.05, 0.1) is 18.2 Å². The Balaban J connectivity index is 1.73. The topological polar surface area (TPSA) is 62.3 Å². The molecular formula is C9H10N2O3. The number of nitrogens with zero attached hydrogens (tertiary/aromatic N) is 2. The fraction of sp³-hybridized carbons (Fsp3) is 0.778. The number of carbonyl (C=O) groups excluding carboxylic acids is 1. The van der Waals surface area contributed by atoms with Gasteiger partial charge in [-0.25, -0.2) is 0 Å². The van der Waals surface area contributed by atoms with Crippen molar-refractivity contribution in [3.63, 3.8) is 0 Å². The number of hydrogen-bond donors (Lipinski definition) is 0. The molecule has 3 saturated heterocycles. The third kappa shape index (κ3) is 0.840. The van der Waals surface area contributed by atoms with Crippen molar-refractivity contribution < 1.29 is 14.3 Å². The average Bonchev–Trinajstić information content (AvgIpc) is 2.59. The highest BCUT2D eigenvalue weighted by Gasteiger charge is 2.70. The molecule has 0 amide bonds. The number of rotatable bonds is 1. The van der Waals surface area contributed by atoms with Crippen molar-refractivity contribution in [2.45, 2.75) is 43.7 Å². The summed E-state index contributed by atoms with van der Waals surface area (Å²) in [6.07, 6.45) is 2.74. The van der Waals surface area contributed by atoms with Crippen LogP contribution in [-0.2, 0) is 14.3 Å². The lowest BCUT2D eigenvalue weighted by Crippen LogP contribution is -2.33. The molecule has 14 heavy (non-hydrogen) atoms. The van der Waals surface area contributed by atoms with E-state index in [1.807, 2.05) is 0 Å². The van der Waals surface area contributed by atoms with Gasteiger partial charge in [0.2, 0.25) is 0 Å². The van der Waals surface area contributed by atoms with Crippen LogP contribution in [0.5, 0.6) is 0 Å². The Hall–Kier alpha value is -1.28. The van der Waals surface area contributed by atoms with Crippen molar-refractivity contribution in [3.8, 4) is 6.19 Å². The molecule has 5 nitrogen and oxygen atoms in total. The van der Waals surface area contributed by atoms with Crippen LogP contribution in [0.15, 0.2) is 0 Å². The van der Waals surface area contributed by atoms with Crippen molar-refractivity contribution in [1.29, 1.82) is 5.26 Å². The van der Waals surface area contributed by atoms with E-state index in [-0.39, 0.29) is 36.4 Å². The van der Waals surface area contributed by atoms with Gasteiger partial charge in [-0.15, -0.1) is 0 Å². The van der Waals surface area contributed by atoms with E-state index in [2.05, 4.69) is 6.19 Å². The van der Waals surface area contributed by atoms with Gasteiger partial charge in [0.1, 0.15) is 12.2 Å². The molecule has 0 N–H and O–H groups in total. The summed E-state index contributed by atoms with van der Waals surface area (Å²) in [5, 5.41) is 8.76. The Labute approximate surface area is 81.2 Å². The van der Waals surface area contributed by atoms with Crippen molar-refractivity contribution in [2.24, 2.45) is 0 Å². The van der Waals surface area contributed by atoms with Crippen molar-refractivity contribution in [1.82, 2.24) is 4.90 Å². The standard InChI is InChI=1S/C9H10N2O3/c1-4(12)13-6-2-5-7-8(9(6)14-5)11(7)3-10/h5-9H,2H2,1H3/t5-,6?,7-,8-,9+,11?/m0/s1. The smallest absolute Gasteiger partial charge is 0.302 e. The highest BCUT2D eigenvalue weighted by molar-refractivity contribution is 5.66. The van der Waals surface area contributed by atoms with Gasteiger partial charge >= 0.3 is 5.97 Å². The summed E-state index contributed by atoms with van der Waals surface area (Å²) in [5.41, 5.74) is 0. The number of morpholine rings is 1. The van der Waals surface area contributed by atoms with Gasteiger partial charge < -0.3 is 9.47 Å². The van der Waals surface area contributed by atoms with Crippen molar-refractivity contribution >= 4 is 5.97 Å². The maximum atomic E-state index is 10.8. The van der Waals surface area contributed by atoms with E-state index >= 15 is 0 Å². The van der Waals surface area contributed by atoms with Crippen LogP contribution in [0.4, 0.5) is 0 Å². The van der Waals surface area contributed by atoms with E-state index in [4.69, 9.17) is 14.7 Å². The molecule has 3 aliphatic heterocycles. The van der Waals surface area contributed by atoms with E-state index in [1.165, 1.54) is 6.92 Å². The van der Waals surface area contributed by atoms with Crippen LogP contribution in [0.2, 0.25) is 0 Å². The third-order valence-corrected chi connectivity index (χ3v) is 3.22. The quantitative estimate of drug-likeness (QED) is 0.323. The minimum absolute atomic E-state index is 0.0754. The fourth-order valence-electron chi connectivity index (χ4n) is 2.71. The van der Waals surface area contributed by atoms with Crippen molar-refractivity contribution in [2.75, 3.05) is 0 Å². The molecule has 3 aliphatic rings. The van der Waals surface area contributed by atoms with E-state index in [9.17, 15) is 4.79 Å². The number of hydrogen-bond acceptors (Lipinski definition) is 5. The van der Waals surface area contributed by atoms with E-state index in [1.54, 1.807) is 4.90 Å². The molecule has 3 fully saturated rings. The molecule has 3 heterocycles. The number of esters is 1. The maximum absolute atomic E-state index is 10.8.